The van der Waals surface area contributed by atoms with E-state index in [-0.39, 0.29) is 11.1 Å². The highest BCUT2D eigenvalue weighted by molar-refractivity contribution is 9.09. The Kier molecular flexibility index (Phi) is 3.98. The molecule has 0 aliphatic rings. The molecule has 0 bridgehead atoms. The maximum atomic E-state index is 11.9. The van der Waals surface area contributed by atoms with Crippen LogP contribution in [0.2, 0.25) is 0 Å². The van der Waals surface area contributed by atoms with E-state index in [1.54, 1.807) is 22.2 Å². The van der Waals surface area contributed by atoms with Gasteiger partial charge in [-0.2, -0.15) is 5.10 Å². The zero-order chi connectivity index (χ0) is 14.8. The van der Waals surface area contributed by atoms with Crippen LogP contribution in [0.5, 0.6) is 0 Å². The molecule has 6 heteroatoms. The van der Waals surface area contributed by atoms with Crippen LogP contribution in [-0.4, -0.2) is 25.9 Å². The lowest BCUT2D eigenvalue weighted by atomic mass is 10.2. The first-order valence-corrected chi connectivity index (χ1v) is 8.35. The van der Waals surface area contributed by atoms with Crippen molar-refractivity contribution in [2.75, 3.05) is 5.33 Å². The highest BCUT2D eigenvalue weighted by Crippen LogP contribution is 2.29. The van der Waals surface area contributed by atoms with Gasteiger partial charge in [0.25, 0.3) is 0 Å². The normalized spacial score (nSPS) is 10.8. The Bertz CT molecular complexity index is 779. The van der Waals surface area contributed by atoms with Crippen molar-refractivity contribution in [2.45, 2.75) is 6.92 Å². The van der Waals surface area contributed by atoms with Gasteiger partial charge in [0.1, 0.15) is 5.69 Å². The van der Waals surface area contributed by atoms with Crippen molar-refractivity contribution >= 4 is 33.0 Å². The van der Waals surface area contributed by atoms with E-state index in [9.17, 15) is 4.79 Å². The minimum Gasteiger partial charge on any atom is -0.291 e. The molecule has 0 amide bonds. The Balaban J connectivity index is 2.17. The number of carbonyl (C=O) groups excluding carboxylic acids is 1. The SMILES string of the molecule is Cc1csc(-c2cc(C(=O)CBr)nn2-c2ccccn2)c1. The molecule has 0 saturated heterocycles. The molecular formula is C15H12BrN3OS. The van der Waals surface area contributed by atoms with Crippen LogP contribution in [0.15, 0.2) is 41.9 Å². The first kappa shape index (κ1) is 14.2. The summed E-state index contributed by atoms with van der Waals surface area (Å²) in [4.78, 5) is 17.3. The molecule has 0 unspecified atom stereocenters. The zero-order valence-corrected chi connectivity index (χ0v) is 13.7. The molecule has 0 aliphatic carbocycles. The van der Waals surface area contributed by atoms with Crippen LogP contribution in [0.4, 0.5) is 0 Å². The van der Waals surface area contributed by atoms with E-state index >= 15 is 0 Å². The summed E-state index contributed by atoms with van der Waals surface area (Å²) in [6.45, 7) is 2.05. The number of thiophene rings is 1. The fraction of sp³-hybridized carbons (Fsp3) is 0.133. The summed E-state index contributed by atoms with van der Waals surface area (Å²) in [5.41, 5.74) is 2.52. The summed E-state index contributed by atoms with van der Waals surface area (Å²) in [6, 6.07) is 9.54. The monoisotopic (exact) mass is 361 g/mol. The largest absolute Gasteiger partial charge is 0.291 e. The molecular weight excluding hydrogens is 350 g/mol. The second-order valence-electron chi connectivity index (χ2n) is 4.56. The molecule has 0 aromatic carbocycles. The van der Waals surface area contributed by atoms with E-state index in [2.05, 4.69) is 37.5 Å². The Morgan fingerprint density at radius 1 is 1.38 bits per heavy atom. The fourth-order valence-electron chi connectivity index (χ4n) is 1.98. The van der Waals surface area contributed by atoms with Crippen LogP contribution < -0.4 is 0 Å². The van der Waals surface area contributed by atoms with Gasteiger partial charge < -0.3 is 0 Å². The molecule has 106 valence electrons. The number of Topliss-reactive ketones (excluding diaryl/α,β-unsaturated/α-hetero) is 1. The van der Waals surface area contributed by atoms with Gasteiger partial charge in [0.2, 0.25) is 0 Å². The number of nitrogens with zero attached hydrogens (tertiary/aromatic N) is 3. The van der Waals surface area contributed by atoms with E-state index < -0.39 is 0 Å². The number of hydrogen-bond acceptors (Lipinski definition) is 4. The highest BCUT2D eigenvalue weighted by Gasteiger charge is 2.17. The molecule has 0 aliphatic heterocycles. The third kappa shape index (κ3) is 2.82. The summed E-state index contributed by atoms with van der Waals surface area (Å²) in [5.74, 6) is 0.659. The topological polar surface area (TPSA) is 47.8 Å². The van der Waals surface area contributed by atoms with Gasteiger partial charge in [-0.25, -0.2) is 9.67 Å². The van der Waals surface area contributed by atoms with E-state index in [0.717, 1.165) is 10.6 Å². The van der Waals surface area contributed by atoms with Crippen LogP contribution in [0.1, 0.15) is 16.1 Å². The molecule has 0 fully saturated rings. The van der Waals surface area contributed by atoms with Gasteiger partial charge in [0.15, 0.2) is 11.6 Å². The molecule has 4 nitrogen and oxygen atoms in total. The first-order chi connectivity index (χ1) is 10.2. The van der Waals surface area contributed by atoms with Crippen molar-refractivity contribution in [3.8, 4) is 16.4 Å². The minimum absolute atomic E-state index is 0.0424. The lowest BCUT2D eigenvalue weighted by Crippen LogP contribution is -2.04. The van der Waals surface area contributed by atoms with Crippen molar-refractivity contribution in [1.82, 2.24) is 14.8 Å². The van der Waals surface area contributed by atoms with Crippen LogP contribution >= 0.6 is 27.3 Å². The summed E-state index contributed by atoms with van der Waals surface area (Å²) in [6.07, 6.45) is 1.71. The first-order valence-electron chi connectivity index (χ1n) is 6.35. The predicted molar refractivity (Wildman–Crippen MR) is 87.5 cm³/mol. The second kappa shape index (κ2) is 5.91. The maximum absolute atomic E-state index is 11.9. The Morgan fingerprint density at radius 2 is 2.24 bits per heavy atom. The van der Waals surface area contributed by atoms with Gasteiger partial charge >= 0.3 is 0 Å². The number of hydrogen-bond donors (Lipinski definition) is 0. The van der Waals surface area contributed by atoms with Gasteiger partial charge in [-0.3, -0.25) is 4.79 Å². The van der Waals surface area contributed by atoms with Crippen molar-refractivity contribution in [1.29, 1.82) is 0 Å². The molecule has 21 heavy (non-hydrogen) atoms. The predicted octanol–water partition coefficient (Wildman–Crippen LogP) is 3.88. The molecule has 0 spiro atoms. The summed E-state index contributed by atoms with van der Waals surface area (Å²) >= 11 is 4.82. The second-order valence-corrected chi connectivity index (χ2v) is 6.03. The van der Waals surface area contributed by atoms with Crippen LogP contribution in [0.25, 0.3) is 16.4 Å². The number of ketones is 1. The third-order valence-electron chi connectivity index (χ3n) is 2.97. The van der Waals surface area contributed by atoms with Crippen molar-refractivity contribution in [3.05, 3.63) is 53.2 Å². The lowest BCUT2D eigenvalue weighted by Gasteiger charge is -2.04. The number of halogens is 1. The summed E-state index contributed by atoms with van der Waals surface area (Å²) in [5, 5.41) is 6.76. The number of aromatic nitrogens is 3. The number of alkyl halides is 1. The quantitative estimate of drug-likeness (QED) is 0.523. The van der Waals surface area contributed by atoms with Crippen molar-refractivity contribution in [2.24, 2.45) is 0 Å². The van der Waals surface area contributed by atoms with Crippen molar-refractivity contribution in [3.63, 3.8) is 0 Å². The molecule has 0 saturated carbocycles. The number of aryl methyl sites for hydroxylation is 1. The highest BCUT2D eigenvalue weighted by atomic mass is 79.9. The van der Waals surface area contributed by atoms with Crippen LogP contribution in [0, 0.1) is 6.92 Å². The molecule has 3 aromatic heterocycles. The maximum Gasteiger partial charge on any atom is 0.193 e. The average molecular weight is 362 g/mol. The summed E-state index contributed by atoms with van der Waals surface area (Å²) < 4.78 is 1.72. The zero-order valence-electron chi connectivity index (χ0n) is 11.3. The summed E-state index contributed by atoms with van der Waals surface area (Å²) in [7, 11) is 0. The number of carbonyl (C=O) groups is 1. The third-order valence-corrected chi connectivity index (χ3v) is 4.55. The van der Waals surface area contributed by atoms with Gasteiger partial charge in [0, 0.05) is 6.20 Å². The van der Waals surface area contributed by atoms with E-state index in [1.165, 1.54) is 5.56 Å². The van der Waals surface area contributed by atoms with Gasteiger partial charge in [-0.15, -0.1) is 11.3 Å². The van der Waals surface area contributed by atoms with E-state index in [1.807, 2.05) is 31.2 Å². The molecule has 3 aromatic rings. The van der Waals surface area contributed by atoms with E-state index in [0.29, 0.717) is 11.5 Å². The standard InChI is InChI=1S/C15H12BrN3OS/c1-10-6-14(21-9-10)12-7-11(13(20)8-16)18-19(12)15-4-2-3-5-17-15/h2-7,9H,8H2,1H3. The molecule has 3 rings (SSSR count). The molecule has 0 radical (unpaired) electrons. The van der Waals surface area contributed by atoms with Gasteiger partial charge in [0.05, 0.1) is 15.9 Å². The Morgan fingerprint density at radius 3 is 2.86 bits per heavy atom. The number of rotatable bonds is 4. The van der Waals surface area contributed by atoms with Gasteiger partial charge in [-0.05, 0) is 42.1 Å². The Hall–Kier alpha value is -1.79. The van der Waals surface area contributed by atoms with E-state index in [4.69, 9.17) is 0 Å². The van der Waals surface area contributed by atoms with Crippen LogP contribution in [0.3, 0.4) is 0 Å². The molecule has 0 N–H and O–H groups in total. The average Bonchev–Trinajstić information content (AvgIpc) is 3.13. The Labute approximate surface area is 134 Å². The van der Waals surface area contributed by atoms with Gasteiger partial charge in [-0.1, -0.05) is 22.0 Å². The smallest absolute Gasteiger partial charge is 0.193 e. The molecule has 3 heterocycles. The van der Waals surface area contributed by atoms with Crippen molar-refractivity contribution < 1.29 is 4.79 Å². The fourth-order valence-corrected chi connectivity index (χ4v) is 3.17. The van der Waals surface area contributed by atoms with Crippen LogP contribution in [-0.2, 0) is 0 Å². The lowest BCUT2D eigenvalue weighted by molar-refractivity contribution is 0.101. The molecule has 0 atom stereocenters. The number of pyridine rings is 1. The minimum atomic E-state index is -0.0424.